The van der Waals surface area contributed by atoms with Crippen LogP contribution in [0.5, 0.6) is 0 Å². The second-order valence-electron chi connectivity index (χ2n) is 19.3. The van der Waals surface area contributed by atoms with Gasteiger partial charge in [0.15, 0.2) is 5.82 Å². The van der Waals surface area contributed by atoms with Crippen molar-refractivity contribution in [3.8, 4) is 73.2 Å². The normalized spacial score (nSPS) is 11.7. The van der Waals surface area contributed by atoms with Gasteiger partial charge in [0.1, 0.15) is 0 Å². The second-order valence-corrected chi connectivity index (χ2v) is 19.3. The molecule has 75 heavy (non-hydrogen) atoms. The van der Waals surface area contributed by atoms with Gasteiger partial charge in [0.05, 0.1) is 55.9 Å². The lowest BCUT2D eigenvalue weighted by Crippen LogP contribution is -2.03. The highest BCUT2D eigenvalue weighted by atomic mass is 15.0. The fraction of sp³-hybridized carbons (Fsp3) is 0. The lowest BCUT2D eigenvalue weighted by atomic mass is 9.91. The summed E-state index contributed by atoms with van der Waals surface area (Å²) in [5.41, 5.74) is 19.3. The van der Waals surface area contributed by atoms with Crippen LogP contribution in [-0.4, -0.2) is 23.7 Å². The Morgan fingerprint density at radius 2 is 0.667 bits per heavy atom. The molecule has 0 saturated carbocycles. The van der Waals surface area contributed by atoms with Crippen molar-refractivity contribution in [2.45, 2.75) is 0 Å². The number of hydrogen-bond acceptors (Lipinski definition) is 2. The molecule has 0 bridgehead atoms. The molecule has 0 fully saturated rings. The maximum absolute atomic E-state index is 5.41. The van der Waals surface area contributed by atoms with E-state index >= 15 is 0 Å². The predicted molar refractivity (Wildman–Crippen MR) is 312 cm³/mol. The zero-order valence-corrected chi connectivity index (χ0v) is 40.7. The quantitative estimate of drug-likeness (QED) is 0.152. The number of nitrogens with zero attached hydrogens (tertiary/aromatic N) is 5. The fourth-order valence-corrected chi connectivity index (χ4v) is 11.8. The Morgan fingerprint density at radius 3 is 1.19 bits per heavy atom. The van der Waals surface area contributed by atoms with Gasteiger partial charge in [0.25, 0.3) is 0 Å². The summed E-state index contributed by atoms with van der Waals surface area (Å²) in [4.78, 5) is 10.6. The van der Waals surface area contributed by atoms with Crippen LogP contribution in [0.25, 0.3) is 139 Å². The van der Waals surface area contributed by atoms with Crippen molar-refractivity contribution >= 4 is 65.4 Å². The lowest BCUT2D eigenvalue weighted by molar-refractivity contribution is 1.16. The minimum Gasteiger partial charge on any atom is -0.309 e. The summed E-state index contributed by atoms with van der Waals surface area (Å²) in [6.45, 7) is 0. The van der Waals surface area contributed by atoms with Crippen LogP contribution < -0.4 is 0 Å². The Morgan fingerprint density at radius 1 is 0.253 bits per heavy atom. The van der Waals surface area contributed by atoms with Crippen LogP contribution in [0.3, 0.4) is 0 Å². The van der Waals surface area contributed by atoms with Crippen molar-refractivity contribution in [1.29, 1.82) is 0 Å². The molecule has 0 aliphatic heterocycles. The van der Waals surface area contributed by atoms with Gasteiger partial charge in [0.2, 0.25) is 0 Å². The molecule has 15 rings (SSSR count). The van der Waals surface area contributed by atoms with Gasteiger partial charge < -0.3 is 13.7 Å². The van der Waals surface area contributed by atoms with E-state index in [9.17, 15) is 0 Å². The van der Waals surface area contributed by atoms with Crippen molar-refractivity contribution < 1.29 is 0 Å². The van der Waals surface area contributed by atoms with Gasteiger partial charge in [-0.25, -0.2) is 9.97 Å². The van der Waals surface area contributed by atoms with Crippen LogP contribution in [-0.2, 0) is 0 Å². The van der Waals surface area contributed by atoms with E-state index in [4.69, 9.17) is 9.97 Å². The van der Waals surface area contributed by atoms with Crippen LogP contribution in [0.15, 0.2) is 273 Å². The maximum Gasteiger partial charge on any atom is 0.160 e. The minimum absolute atomic E-state index is 0.678. The Balaban J connectivity index is 1.08. The van der Waals surface area contributed by atoms with Crippen LogP contribution in [0.1, 0.15) is 0 Å². The minimum atomic E-state index is 0.678. The van der Waals surface area contributed by atoms with Gasteiger partial charge in [0, 0.05) is 65.8 Å². The molecular weight excluding hydrogens is 911 g/mol. The third-order valence-electron chi connectivity index (χ3n) is 15.0. The molecule has 0 radical (unpaired) electrons. The van der Waals surface area contributed by atoms with Gasteiger partial charge in [-0.05, 0) is 83.9 Å². The Bertz CT molecular complexity index is 4460. The molecule has 0 aliphatic rings. The molecule has 5 nitrogen and oxygen atoms in total. The number of fused-ring (bicyclic) bond motifs is 9. The first-order valence-corrected chi connectivity index (χ1v) is 25.6. The Hall–Kier alpha value is -10.1. The molecule has 4 heterocycles. The van der Waals surface area contributed by atoms with Gasteiger partial charge in [-0.2, -0.15) is 0 Å². The monoisotopic (exact) mass is 955 g/mol. The number of rotatable bonds is 8. The molecule has 5 heteroatoms. The summed E-state index contributed by atoms with van der Waals surface area (Å²) in [6.07, 6.45) is 0. The van der Waals surface area contributed by atoms with E-state index in [0.717, 1.165) is 83.8 Å². The van der Waals surface area contributed by atoms with E-state index in [1.165, 1.54) is 49.0 Å². The number of para-hydroxylation sites is 4. The molecule has 0 saturated heterocycles. The highest BCUT2D eigenvalue weighted by Crippen LogP contribution is 2.47. The summed E-state index contributed by atoms with van der Waals surface area (Å²) in [5.74, 6) is 0.678. The van der Waals surface area contributed by atoms with Crippen molar-refractivity contribution in [3.63, 3.8) is 0 Å². The largest absolute Gasteiger partial charge is 0.309 e. The first-order valence-electron chi connectivity index (χ1n) is 25.6. The maximum atomic E-state index is 5.41. The van der Waals surface area contributed by atoms with Crippen LogP contribution in [0.4, 0.5) is 0 Å². The molecule has 0 spiro atoms. The molecule has 4 aromatic heterocycles. The topological polar surface area (TPSA) is 40.6 Å². The summed E-state index contributed by atoms with van der Waals surface area (Å²) in [6, 6.07) is 98.4. The zero-order valence-electron chi connectivity index (χ0n) is 40.7. The van der Waals surface area contributed by atoms with Gasteiger partial charge in [-0.3, -0.25) is 0 Å². The average molecular weight is 956 g/mol. The first-order chi connectivity index (χ1) is 37.2. The van der Waals surface area contributed by atoms with Crippen molar-refractivity contribution in [2.24, 2.45) is 0 Å². The third-order valence-corrected chi connectivity index (χ3v) is 15.0. The van der Waals surface area contributed by atoms with E-state index in [0.29, 0.717) is 5.82 Å². The average Bonchev–Trinajstić information content (AvgIpc) is 4.19. The summed E-state index contributed by atoms with van der Waals surface area (Å²) in [7, 11) is 0. The summed E-state index contributed by atoms with van der Waals surface area (Å²) >= 11 is 0. The van der Waals surface area contributed by atoms with Crippen LogP contribution in [0, 0.1) is 0 Å². The van der Waals surface area contributed by atoms with E-state index < -0.39 is 0 Å². The summed E-state index contributed by atoms with van der Waals surface area (Å²) in [5, 5.41) is 7.24. The van der Waals surface area contributed by atoms with Crippen molar-refractivity contribution in [2.75, 3.05) is 0 Å². The SMILES string of the molecule is c1ccc(-c2cc(-c3cc(-c4ccccc4)c(-n4c5ccc(-n6c7ccccc7c7ccccc76)cc5c5c(-n6c7ccccc7c7ccccc76)cccc54)c(-c4ccccc4)c3)nc(-c3ccccc3)n2)cc1. The molecule has 350 valence electrons. The molecule has 0 aliphatic carbocycles. The predicted octanol–water partition coefficient (Wildman–Crippen LogP) is 18.1. The van der Waals surface area contributed by atoms with E-state index in [2.05, 4.69) is 262 Å². The number of benzene rings is 11. The third kappa shape index (κ3) is 6.86. The van der Waals surface area contributed by atoms with Crippen LogP contribution >= 0.6 is 0 Å². The van der Waals surface area contributed by atoms with Crippen molar-refractivity contribution in [3.05, 3.63) is 273 Å². The first kappa shape index (κ1) is 42.6. The molecule has 0 atom stereocenters. The second kappa shape index (κ2) is 17.3. The Kier molecular flexibility index (Phi) is 9.82. The lowest BCUT2D eigenvalue weighted by Gasteiger charge is -2.21. The van der Waals surface area contributed by atoms with E-state index in [1.54, 1.807) is 0 Å². The number of aromatic nitrogens is 5. The molecule has 0 amide bonds. The van der Waals surface area contributed by atoms with E-state index in [-0.39, 0.29) is 0 Å². The van der Waals surface area contributed by atoms with Gasteiger partial charge >= 0.3 is 0 Å². The Labute approximate surface area is 433 Å². The highest BCUT2D eigenvalue weighted by Gasteiger charge is 2.26. The molecule has 0 N–H and O–H groups in total. The highest BCUT2D eigenvalue weighted by molar-refractivity contribution is 6.18. The fourth-order valence-electron chi connectivity index (χ4n) is 11.8. The smallest absolute Gasteiger partial charge is 0.160 e. The molecule has 11 aromatic carbocycles. The molecule has 0 unspecified atom stereocenters. The standard InChI is InChI=1S/C70H45N5/c1-5-22-46(23-6-1)56-42-50(60-45-59(48-26-9-3-10-27-48)71-70(72-60)49-28-11-4-12-29-49)43-57(47-24-7-2-8-25-47)69(56)75-65-41-40-51(73-61-34-17-13-30-52(61)53-31-14-18-35-62(53)73)44-58(65)68-66(38-21-39-67(68)75)74-63-36-19-15-32-54(63)55-33-16-20-37-64(55)74/h1-45H. The summed E-state index contributed by atoms with van der Waals surface area (Å²) < 4.78 is 7.45. The molecular formula is C70H45N5. The van der Waals surface area contributed by atoms with Gasteiger partial charge in [-0.1, -0.05) is 200 Å². The van der Waals surface area contributed by atoms with Crippen molar-refractivity contribution in [1.82, 2.24) is 23.7 Å². The molecule has 15 aromatic rings. The zero-order chi connectivity index (χ0) is 49.4. The number of hydrogen-bond donors (Lipinski definition) is 0. The van der Waals surface area contributed by atoms with E-state index in [1.807, 2.05) is 24.3 Å². The van der Waals surface area contributed by atoms with Crippen LogP contribution in [0.2, 0.25) is 0 Å². The van der Waals surface area contributed by atoms with Gasteiger partial charge in [-0.15, -0.1) is 0 Å².